The van der Waals surface area contributed by atoms with Crippen LogP contribution in [0.2, 0.25) is 5.02 Å². The van der Waals surface area contributed by atoms with Gasteiger partial charge in [0.05, 0.1) is 25.0 Å². The summed E-state index contributed by atoms with van der Waals surface area (Å²) in [7, 11) is 0. The average Bonchev–Trinajstić information content (AvgIpc) is 2.93. The second-order valence-corrected chi connectivity index (χ2v) is 7.25. The molecule has 0 aliphatic carbocycles. The summed E-state index contributed by atoms with van der Waals surface area (Å²) >= 11 is 6.05. The molecule has 1 fully saturated rings. The number of nitrogens with zero attached hydrogens (tertiary/aromatic N) is 4. The quantitative estimate of drug-likeness (QED) is 0.768. The van der Waals surface area contributed by atoms with Crippen LogP contribution in [0.4, 0.5) is 5.82 Å². The first-order valence-electron chi connectivity index (χ1n) is 9.01. The van der Waals surface area contributed by atoms with E-state index in [9.17, 15) is 0 Å². The molecule has 1 aromatic carbocycles. The third-order valence-corrected chi connectivity index (χ3v) is 5.26. The third kappa shape index (κ3) is 2.79. The zero-order valence-corrected chi connectivity index (χ0v) is 15.1. The van der Waals surface area contributed by atoms with Gasteiger partial charge in [0.2, 0.25) is 0 Å². The van der Waals surface area contributed by atoms with Crippen molar-refractivity contribution in [2.45, 2.75) is 18.9 Å². The third-order valence-electron chi connectivity index (χ3n) is 5.03. The van der Waals surface area contributed by atoms with Crippen molar-refractivity contribution in [3.8, 4) is 5.75 Å². The van der Waals surface area contributed by atoms with Gasteiger partial charge in [-0.2, -0.15) is 9.61 Å². The van der Waals surface area contributed by atoms with E-state index >= 15 is 0 Å². The molecule has 134 valence electrons. The largest absolute Gasteiger partial charge is 0.487 e. The minimum absolute atomic E-state index is 0.159. The molecule has 4 heterocycles. The second kappa shape index (κ2) is 6.45. The van der Waals surface area contributed by atoms with Gasteiger partial charge in [-0.25, -0.2) is 4.98 Å². The summed E-state index contributed by atoms with van der Waals surface area (Å²) in [5, 5.41) is 8.68. The molecule has 0 unspecified atom stereocenters. The van der Waals surface area contributed by atoms with E-state index < -0.39 is 0 Å². The van der Waals surface area contributed by atoms with Crippen molar-refractivity contribution >= 4 is 23.1 Å². The van der Waals surface area contributed by atoms with Crippen molar-refractivity contribution in [2.75, 3.05) is 31.1 Å². The highest BCUT2D eigenvalue weighted by molar-refractivity contribution is 6.30. The van der Waals surface area contributed by atoms with E-state index in [1.54, 1.807) is 0 Å². The molecule has 0 atom stereocenters. The molecule has 7 heteroatoms. The Morgan fingerprint density at radius 3 is 2.92 bits per heavy atom. The molecular weight excluding hydrogens is 350 g/mol. The minimum Gasteiger partial charge on any atom is -0.487 e. The number of benzene rings is 1. The van der Waals surface area contributed by atoms with Gasteiger partial charge in [-0.1, -0.05) is 17.7 Å². The number of nitrogens with one attached hydrogen (secondary N) is 1. The van der Waals surface area contributed by atoms with Crippen LogP contribution < -0.4 is 15.0 Å². The highest BCUT2D eigenvalue weighted by Crippen LogP contribution is 2.31. The first kappa shape index (κ1) is 15.9. The Balaban J connectivity index is 1.41. The van der Waals surface area contributed by atoms with Gasteiger partial charge in [0.25, 0.3) is 0 Å². The van der Waals surface area contributed by atoms with Crippen molar-refractivity contribution < 1.29 is 4.74 Å². The Morgan fingerprint density at radius 2 is 2.04 bits per heavy atom. The SMILES string of the molecule is Clc1cccc(OC2CN(c3c4c(nc5ccnn35)CCNCC4)C2)c1. The standard InChI is InChI=1S/C19H20ClN5O/c20-13-2-1-3-14(10-13)26-15-11-24(12-15)19-16-4-7-21-8-5-17(16)23-18-6-9-22-25(18)19/h1-3,6,9-10,15,21H,4-5,7-8,11-12H2. The van der Waals surface area contributed by atoms with Gasteiger partial charge in [-0.15, -0.1) is 0 Å². The zero-order chi connectivity index (χ0) is 17.5. The summed E-state index contributed by atoms with van der Waals surface area (Å²) in [6.45, 7) is 3.63. The van der Waals surface area contributed by atoms with Crippen LogP contribution in [0, 0.1) is 0 Å². The number of halogens is 1. The van der Waals surface area contributed by atoms with Crippen LogP contribution in [-0.2, 0) is 12.8 Å². The van der Waals surface area contributed by atoms with Crippen molar-refractivity contribution in [3.63, 3.8) is 0 Å². The van der Waals surface area contributed by atoms with Crippen LogP contribution in [0.3, 0.4) is 0 Å². The number of anilines is 1. The van der Waals surface area contributed by atoms with E-state index in [4.69, 9.17) is 21.3 Å². The van der Waals surface area contributed by atoms with Crippen LogP contribution in [0.5, 0.6) is 5.75 Å². The van der Waals surface area contributed by atoms with Crippen LogP contribution >= 0.6 is 11.6 Å². The second-order valence-electron chi connectivity index (χ2n) is 6.81. The summed E-state index contributed by atoms with van der Waals surface area (Å²) in [4.78, 5) is 7.17. The van der Waals surface area contributed by atoms with Crippen LogP contribution in [-0.4, -0.2) is 46.9 Å². The maximum atomic E-state index is 6.06. The Hall–Kier alpha value is -2.31. The molecule has 6 nitrogen and oxygen atoms in total. The molecule has 0 spiro atoms. The highest BCUT2D eigenvalue weighted by Gasteiger charge is 2.33. The fourth-order valence-corrected chi connectivity index (χ4v) is 3.94. The van der Waals surface area contributed by atoms with Crippen molar-refractivity contribution in [1.82, 2.24) is 19.9 Å². The van der Waals surface area contributed by atoms with E-state index in [0.29, 0.717) is 5.02 Å². The predicted octanol–water partition coefficient (Wildman–Crippen LogP) is 2.34. The van der Waals surface area contributed by atoms with Gasteiger partial charge in [0.1, 0.15) is 17.7 Å². The van der Waals surface area contributed by atoms with Gasteiger partial charge in [0, 0.05) is 29.6 Å². The summed E-state index contributed by atoms with van der Waals surface area (Å²) < 4.78 is 8.03. The monoisotopic (exact) mass is 369 g/mol. The molecule has 5 rings (SSSR count). The van der Waals surface area contributed by atoms with Crippen LogP contribution in [0.1, 0.15) is 11.3 Å². The summed E-state index contributed by atoms with van der Waals surface area (Å²) in [5.74, 6) is 1.99. The average molecular weight is 370 g/mol. The van der Waals surface area contributed by atoms with E-state index in [1.165, 1.54) is 17.1 Å². The highest BCUT2D eigenvalue weighted by atomic mass is 35.5. The molecular formula is C19H20ClN5O. The van der Waals surface area contributed by atoms with Gasteiger partial charge in [0.15, 0.2) is 5.65 Å². The summed E-state index contributed by atoms with van der Waals surface area (Å²) in [6, 6.07) is 9.56. The number of hydrogen-bond acceptors (Lipinski definition) is 5. The molecule has 1 saturated heterocycles. The molecule has 0 amide bonds. The summed E-state index contributed by atoms with van der Waals surface area (Å²) in [5.41, 5.74) is 3.42. The molecule has 1 N–H and O–H groups in total. The number of ether oxygens (including phenoxy) is 1. The molecule has 0 bridgehead atoms. The zero-order valence-electron chi connectivity index (χ0n) is 14.4. The molecule has 3 aromatic rings. The molecule has 2 aliphatic heterocycles. The Morgan fingerprint density at radius 1 is 1.15 bits per heavy atom. The van der Waals surface area contributed by atoms with Crippen molar-refractivity contribution in [1.29, 1.82) is 0 Å². The molecule has 0 radical (unpaired) electrons. The minimum atomic E-state index is 0.159. The molecule has 2 aliphatic rings. The van der Waals surface area contributed by atoms with E-state index in [2.05, 4.69) is 15.3 Å². The fraction of sp³-hybridized carbons (Fsp3) is 0.368. The maximum Gasteiger partial charge on any atom is 0.157 e. The molecule has 26 heavy (non-hydrogen) atoms. The van der Waals surface area contributed by atoms with E-state index in [0.717, 1.165) is 50.4 Å². The van der Waals surface area contributed by atoms with Gasteiger partial charge < -0.3 is 15.0 Å². The lowest BCUT2D eigenvalue weighted by Crippen LogP contribution is -2.55. The smallest absolute Gasteiger partial charge is 0.157 e. The van der Waals surface area contributed by atoms with E-state index in [-0.39, 0.29) is 6.10 Å². The van der Waals surface area contributed by atoms with Gasteiger partial charge in [-0.3, -0.25) is 0 Å². The number of aromatic nitrogens is 3. The Kier molecular flexibility index (Phi) is 3.94. The van der Waals surface area contributed by atoms with Crippen LogP contribution in [0.15, 0.2) is 36.5 Å². The topological polar surface area (TPSA) is 54.7 Å². The van der Waals surface area contributed by atoms with Crippen molar-refractivity contribution in [3.05, 3.63) is 52.8 Å². The molecule has 2 aromatic heterocycles. The summed E-state index contributed by atoms with van der Waals surface area (Å²) in [6.07, 6.45) is 3.92. The van der Waals surface area contributed by atoms with E-state index in [1.807, 2.05) is 41.0 Å². The lowest BCUT2D eigenvalue weighted by atomic mass is 10.1. The lowest BCUT2D eigenvalue weighted by Gasteiger charge is -2.41. The number of rotatable bonds is 3. The van der Waals surface area contributed by atoms with Crippen molar-refractivity contribution in [2.24, 2.45) is 0 Å². The number of hydrogen-bond donors (Lipinski definition) is 1. The first-order chi connectivity index (χ1) is 12.8. The predicted molar refractivity (Wildman–Crippen MR) is 101 cm³/mol. The maximum absolute atomic E-state index is 6.06. The number of fused-ring (bicyclic) bond motifs is 2. The van der Waals surface area contributed by atoms with Crippen LogP contribution in [0.25, 0.3) is 5.65 Å². The molecule has 0 saturated carbocycles. The lowest BCUT2D eigenvalue weighted by molar-refractivity contribution is 0.166. The fourth-order valence-electron chi connectivity index (χ4n) is 3.76. The van der Waals surface area contributed by atoms with Gasteiger partial charge in [-0.05, 0) is 31.2 Å². The Labute approximate surface area is 156 Å². The first-order valence-corrected chi connectivity index (χ1v) is 9.39. The normalized spacial score (nSPS) is 17.7. The van der Waals surface area contributed by atoms with Gasteiger partial charge >= 0.3 is 0 Å². The Bertz CT molecular complexity index is 950.